The van der Waals surface area contributed by atoms with E-state index in [4.69, 9.17) is 5.73 Å². The lowest BCUT2D eigenvalue weighted by Gasteiger charge is -2.33. The molecule has 3 aromatic rings. The minimum absolute atomic E-state index is 0. The van der Waals surface area contributed by atoms with Gasteiger partial charge in [0, 0.05) is 23.4 Å². The van der Waals surface area contributed by atoms with Crippen LogP contribution < -0.4 is 16.4 Å². The SMILES string of the molecule is CC(C)C(C)(CN)NC(=O)c1cccc(NC(=O)c2ccc3nc[nH]c3c2)c1.Cl.Cl. The number of nitrogens with one attached hydrogen (secondary N) is 3. The third kappa shape index (κ3) is 5.50. The first-order valence-corrected chi connectivity index (χ1v) is 9.19. The molecule has 2 amide bonds. The van der Waals surface area contributed by atoms with Crippen molar-refractivity contribution < 1.29 is 9.59 Å². The van der Waals surface area contributed by atoms with Crippen molar-refractivity contribution in [1.82, 2.24) is 15.3 Å². The molecule has 0 fully saturated rings. The summed E-state index contributed by atoms with van der Waals surface area (Å²) in [6.45, 7) is 6.29. The van der Waals surface area contributed by atoms with E-state index in [1.807, 2.05) is 20.8 Å². The van der Waals surface area contributed by atoms with Crippen LogP contribution >= 0.6 is 24.8 Å². The summed E-state index contributed by atoms with van der Waals surface area (Å²) in [7, 11) is 0. The van der Waals surface area contributed by atoms with Gasteiger partial charge in [-0.25, -0.2) is 4.98 Å². The largest absolute Gasteiger partial charge is 0.345 e. The Bertz CT molecular complexity index is 1020. The highest BCUT2D eigenvalue weighted by molar-refractivity contribution is 6.06. The lowest BCUT2D eigenvalue weighted by Crippen LogP contribution is -2.55. The quantitative estimate of drug-likeness (QED) is 0.456. The summed E-state index contributed by atoms with van der Waals surface area (Å²) < 4.78 is 0. The van der Waals surface area contributed by atoms with E-state index in [1.54, 1.807) is 48.8 Å². The van der Waals surface area contributed by atoms with E-state index in [0.717, 1.165) is 11.0 Å². The molecule has 9 heteroatoms. The molecule has 0 saturated carbocycles. The minimum Gasteiger partial charge on any atom is -0.345 e. The summed E-state index contributed by atoms with van der Waals surface area (Å²) >= 11 is 0. The zero-order chi connectivity index (χ0) is 20.3. The van der Waals surface area contributed by atoms with Crippen LogP contribution in [0.1, 0.15) is 41.5 Å². The van der Waals surface area contributed by atoms with Gasteiger partial charge in [-0.2, -0.15) is 0 Å². The van der Waals surface area contributed by atoms with Crippen LogP contribution in [0.4, 0.5) is 5.69 Å². The number of nitrogens with two attached hydrogens (primary N) is 1. The van der Waals surface area contributed by atoms with Crippen molar-refractivity contribution in [2.24, 2.45) is 11.7 Å². The number of hydrogen-bond donors (Lipinski definition) is 4. The van der Waals surface area contributed by atoms with Crippen LogP contribution in [0.5, 0.6) is 0 Å². The van der Waals surface area contributed by atoms with E-state index in [2.05, 4.69) is 20.6 Å². The Balaban J connectivity index is 0.00000225. The number of benzene rings is 2. The summed E-state index contributed by atoms with van der Waals surface area (Å²) in [6.07, 6.45) is 1.58. The summed E-state index contributed by atoms with van der Waals surface area (Å²) in [6, 6.07) is 12.1. The monoisotopic (exact) mass is 451 g/mol. The standard InChI is InChI=1S/C21H25N5O2.2ClH/c1-13(2)21(3,11-22)26-20(28)14-5-4-6-16(9-14)25-19(27)15-7-8-17-18(10-15)24-12-23-17;;/h4-10,12-13H,11,22H2,1-3H3,(H,23,24)(H,25,27)(H,26,28);2*1H. The molecular formula is C21H27Cl2N5O2. The Morgan fingerprint density at radius 1 is 1.10 bits per heavy atom. The van der Waals surface area contributed by atoms with Crippen molar-refractivity contribution >= 4 is 53.3 Å². The lowest BCUT2D eigenvalue weighted by molar-refractivity contribution is 0.0882. The fraction of sp³-hybridized carbons (Fsp3) is 0.286. The smallest absolute Gasteiger partial charge is 0.255 e. The highest BCUT2D eigenvalue weighted by atomic mass is 35.5. The molecule has 0 radical (unpaired) electrons. The molecule has 2 aromatic carbocycles. The van der Waals surface area contributed by atoms with E-state index >= 15 is 0 Å². The Morgan fingerprint density at radius 2 is 1.80 bits per heavy atom. The number of amides is 2. The summed E-state index contributed by atoms with van der Waals surface area (Å²) in [4.78, 5) is 32.3. The molecule has 5 N–H and O–H groups in total. The second-order valence-electron chi connectivity index (χ2n) is 7.40. The van der Waals surface area contributed by atoms with E-state index in [9.17, 15) is 9.59 Å². The number of anilines is 1. The van der Waals surface area contributed by atoms with Gasteiger partial charge in [0.25, 0.3) is 11.8 Å². The fourth-order valence-corrected chi connectivity index (χ4v) is 2.78. The molecule has 30 heavy (non-hydrogen) atoms. The number of rotatable bonds is 6. The molecular weight excluding hydrogens is 425 g/mol. The Hall–Kier alpha value is -2.61. The van der Waals surface area contributed by atoms with Gasteiger partial charge in [-0.1, -0.05) is 19.9 Å². The van der Waals surface area contributed by atoms with Gasteiger partial charge < -0.3 is 21.4 Å². The Labute approximate surface area is 188 Å². The lowest BCUT2D eigenvalue weighted by atomic mass is 9.88. The number of imidazole rings is 1. The predicted octanol–water partition coefficient (Wildman–Crippen LogP) is 3.76. The Kier molecular flexibility index (Phi) is 8.84. The maximum Gasteiger partial charge on any atom is 0.255 e. The molecule has 1 atom stereocenters. The molecule has 0 aliphatic carbocycles. The molecule has 0 aliphatic rings. The molecule has 7 nitrogen and oxygen atoms in total. The van der Waals surface area contributed by atoms with Gasteiger partial charge >= 0.3 is 0 Å². The first-order valence-electron chi connectivity index (χ1n) is 9.19. The first kappa shape index (κ1) is 25.4. The molecule has 0 aliphatic heterocycles. The third-order valence-electron chi connectivity index (χ3n) is 5.16. The van der Waals surface area contributed by atoms with E-state index in [-0.39, 0.29) is 42.5 Å². The average molecular weight is 452 g/mol. The number of aromatic nitrogens is 2. The molecule has 1 heterocycles. The second kappa shape index (κ2) is 10.4. The van der Waals surface area contributed by atoms with E-state index < -0.39 is 5.54 Å². The van der Waals surface area contributed by atoms with Gasteiger partial charge in [0.1, 0.15) is 0 Å². The van der Waals surface area contributed by atoms with Crippen LogP contribution in [0.15, 0.2) is 48.8 Å². The highest BCUT2D eigenvalue weighted by Gasteiger charge is 2.29. The number of nitrogens with zero attached hydrogens (tertiary/aromatic N) is 1. The van der Waals surface area contributed by atoms with Gasteiger partial charge in [-0.15, -0.1) is 24.8 Å². The second-order valence-corrected chi connectivity index (χ2v) is 7.40. The molecule has 0 spiro atoms. The maximum atomic E-state index is 12.7. The fourth-order valence-electron chi connectivity index (χ4n) is 2.78. The number of carbonyl (C=O) groups excluding carboxylic acids is 2. The number of aromatic amines is 1. The van der Waals surface area contributed by atoms with Crippen LogP contribution in [-0.2, 0) is 0 Å². The third-order valence-corrected chi connectivity index (χ3v) is 5.16. The Morgan fingerprint density at radius 3 is 2.47 bits per heavy atom. The van der Waals surface area contributed by atoms with Crippen LogP contribution in [-0.4, -0.2) is 33.9 Å². The predicted molar refractivity (Wildman–Crippen MR) is 125 cm³/mol. The molecule has 0 saturated heterocycles. The maximum absolute atomic E-state index is 12.7. The van der Waals surface area contributed by atoms with Crippen LogP contribution in [0, 0.1) is 5.92 Å². The van der Waals surface area contributed by atoms with Crippen molar-refractivity contribution in [2.45, 2.75) is 26.3 Å². The summed E-state index contributed by atoms with van der Waals surface area (Å²) in [5.74, 6) is -0.304. The first-order chi connectivity index (χ1) is 13.3. The minimum atomic E-state index is -0.504. The number of fused-ring (bicyclic) bond motifs is 1. The van der Waals surface area contributed by atoms with Crippen molar-refractivity contribution in [1.29, 1.82) is 0 Å². The normalized spacial score (nSPS) is 12.4. The van der Waals surface area contributed by atoms with E-state index in [1.165, 1.54) is 0 Å². The van der Waals surface area contributed by atoms with Crippen molar-refractivity contribution in [3.05, 3.63) is 59.9 Å². The van der Waals surface area contributed by atoms with Crippen molar-refractivity contribution in [3.63, 3.8) is 0 Å². The van der Waals surface area contributed by atoms with Crippen LogP contribution in [0.3, 0.4) is 0 Å². The van der Waals surface area contributed by atoms with Crippen LogP contribution in [0.25, 0.3) is 11.0 Å². The van der Waals surface area contributed by atoms with Gasteiger partial charge in [-0.05, 0) is 49.2 Å². The highest BCUT2D eigenvalue weighted by Crippen LogP contribution is 2.18. The van der Waals surface area contributed by atoms with Crippen molar-refractivity contribution in [3.8, 4) is 0 Å². The molecule has 1 aromatic heterocycles. The number of halogens is 2. The van der Waals surface area contributed by atoms with Gasteiger partial charge in [-0.3, -0.25) is 9.59 Å². The van der Waals surface area contributed by atoms with Gasteiger partial charge in [0.05, 0.1) is 22.9 Å². The summed E-state index contributed by atoms with van der Waals surface area (Å²) in [5.41, 5.74) is 8.43. The molecule has 162 valence electrons. The van der Waals surface area contributed by atoms with Gasteiger partial charge in [0.2, 0.25) is 0 Å². The molecule has 0 bridgehead atoms. The van der Waals surface area contributed by atoms with Gasteiger partial charge in [0.15, 0.2) is 0 Å². The number of H-pyrrole nitrogens is 1. The zero-order valence-corrected chi connectivity index (χ0v) is 18.7. The number of hydrogen-bond acceptors (Lipinski definition) is 4. The summed E-state index contributed by atoms with van der Waals surface area (Å²) in [5, 5.41) is 5.83. The molecule has 1 unspecified atom stereocenters. The van der Waals surface area contributed by atoms with Crippen LogP contribution in [0.2, 0.25) is 0 Å². The topological polar surface area (TPSA) is 113 Å². The van der Waals surface area contributed by atoms with Crippen molar-refractivity contribution in [2.75, 3.05) is 11.9 Å². The zero-order valence-electron chi connectivity index (χ0n) is 17.1. The number of carbonyl (C=O) groups is 2. The molecule has 3 rings (SSSR count). The average Bonchev–Trinajstić information content (AvgIpc) is 3.15. The van der Waals surface area contributed by atoms with E-state index in [0.29, 0.717) is 23.4 Å².